The number of benzene rings is 1. The van der Waals surface area contributed by atoms with Gasteiger partial charge in [0.2, 0.25) is 0 Å². The molecule has 1 aromatic rings. The van der Waals surface area contributed by atoms with Crippen LogP contribution in [0.2, 0.25) is 0 Å². The minimum atomic E-state index is 0. The van der Waals surface area contributed by atoms with E-state index in [2.05, 4.69) is 55.1 Å². The number of rotatable bonds is 2. The Hall–Kier alpha value is 0.845. The molecule has 1 rings (SSSR count). The van der Waals surface area contributed by atoms with Gasteiger partial charge in [0.25, 0.3) is 0 Å². The molecule has 0 spiro atoms. The first-order valence-corrected chi connectivity index (χ1v) is 5.30. The minimum Gasteiger partial charge on any atom is -1.45 e. The van der Waals surface area contributed by atoms with Crippen molar-refractivity contribution in [3.63, 3.8) is 0 Å². The topological polar surface area (TPSA) is 0 Å². The second-order valence-electron chi connectivity index (χ2n) is 4.09. The van der Waals surface area contributed by atoms with Crippen LogP contribution < -0.4 is 43.0 Å². The van der Waals surface area contributed by atoms with E-state index in [9.17, 15) is 0 Å². The summed E-state index contributed by atoms with van der Waals surface area (Å²) in [5.74, 6) is 1.15. The van der Waals surface area contributed by atoms with Crippen molar-refractivity contribution in [2.75, 3.05) is 0 Å². The number of hydrogen-bond donors (Lipinski definition) is 0. The van der Waals surface area contributed by atoms with Gasteiger partial charge in [0.1, 0.15) is 0 Å². The Morgan fingerprint density at radius 2 is 1.47 bits per heavy atom. The fourth-order valence-electron chi connectivity index (χ4n) is 1.70. The van der Waals surface area contributed by atoms with E-state index in [0.29, 0.717) is 11.8 Å². The summed E-state index contributed by atoms with van der Waals surface area (Å²) >= 11 is 0. The Morgan fingerprint density at radius 1 is 0.933 bits per heavy atom. The zero-order valence-corrected chi connectivity index (χ0v) is 11.7. The Balaban J connectivity index is 0. The zero-order valence-electron chi connectivity index (χ0n) is 10.8. The van der Waals surface area contributed by atoms with Crippen molar-refractivity contribution in [1.82, 2.24) is 0 Å². The Bertz CT molecular complexity index is 296. The molecule has 0 amide bonds. The maximum Gasteiger partial charge on any atom is 1.00 e. The molecule has 0 nitrogen and oxygen atoms in total. The molecule has 72 valence electrons. The van der Waals surface area contributed by atoms with Crippen LogP contribution in [0.5, 0.6) is 0 Å². The standard InChI is InChI=1S/C12H17P.2Li/c1-8(2)10-6-5-7-11(13)12(10)9(3)4;;/h5-9H,1-4H3;;/q-2;2*+1. The largest absolute Gasteiger partial charge is 1.45 e. The van der Waals surface area contributed by atoms with E-state index in [0.717, 1.165) is 5.30 Å². The molecule has 0 saturated heterocycles. The molecule has 0 aliphatic rings. The van der Waals surface area contributed by atoms with E-state index in [-0.39, 0.29) is 37.7 Å². The SMILES string of the molecule is CC(C)c1cccc([P-2])c1C(C)C.[Li+].[Li+]. The normalized spacial score (nSPS) is 9.80. The van der Waals surface area contributed by atoms with Crippen molar-refractivity contribution in [2.45, 2.75) is 39.5 Å². The Morgan fingerprint density at radius 3 is 1.80 bits per heavy atom. The maximum atomic E-state index is 4.50. The quantitative estimate of drug-likeness (QED) is 0.387. The Labute approximate surface area is 121 Å². The van der Waals surface area contributed by atoms with Gasteiger partial charge in [0.05, 0.1) is 0 Å². The average molecular weight is 206 g/mol. The third-order valence-corrected chi connectivity index (χ3v) is 2.71. The van der Waals surface area contributed by atoms with Crippen molar-refractivity contribution in [1.29, 1.82) is 0 Å². The van der Waals surface area contributed by atoms with E-state index < -0.39 is 0 Å². The van der Waals surface area contributed by atoms with Gasteiger partial charge in [-0.1, -0.05) is 45.4 Å². The van der Waals surface area contributed by atoms with Crippen LogP contribution >= 0.6 is 9.24 Å². The van der Waals surface area contributed by atoms with Gasteiger partial charge in [0, 0.05) is 0 Å². The Kier molecular flexibility index (Phi) is 9.73. The van der Waals surface area contributed by atoms with Crippen LogP contribution in [-0.2, 0) is 0 Å². The summed E-state index contributed by atoms with van der Waals surface area (Å²) in [6.07, 6.45) is 0. The van der Waals surface area contributed by atoms with Gasteiger partial charge >= 0.3 is 37.7 Å². The van der Waals surface area contributed by atoms with Crippen LogP contribution in [0, 0.1) is 0 Å². The van der Waals surface area contributed by atoms with E-state index >= 15 is 0 Å². The third-order valence-electron chi connectivity index (χ3n) is 2.32. The van der Waals surface area contributed by atoms with Gasteiger partial charge in [-0.05, 0) is 17.4 Å². The molecular weight excluding hydrogens is 189 g/mol. The first-order valence-electron chi connectivity index (χ1n) is 4.85. The fourth-order valence-corrected chi connectivity index (χ4v) is 2.18. The molecule has 1 aromatic carbocycles. The van der Waals surface area contributed by atoms with Crippen LogP contribution in [0.15, 0.2) is 18.2 Å². The summed E-state index contributed by atoms with van der Waals surface area (Å²) in [5, 5.41) is 1.13. The van der Waals surface area contributed by atoms with Crippen molar-refractivity contribution in [3.8, 4) is 0 Å². The van der Waals surface area contributed by atoms with Gasteiger partial charge in [-0.3, -0.25) is 0 Å². The molecular formula is C12H17Li2P. The van der Waals surface area contributed by atoms with Crippen LogP contribution in [0.25, 0.3) is 0 Å². The van der Waals surface area contributed by atoms with E-state index in [1.54, 1.807) is 0 Å². The minimum absolute atomic E-state index is 0. The molecule has 0 aliphatic carbocycles. The first kappa shape index (κ1) is 18.2. The molecule has 0 heterocycles. The molecule has 0 bridgehead atoms. The van der Waals surface area contributed by atoms with Crippen molar-refractivity contribution < 1.29 is 37.7 Å². The average Bonchev–Trinajstić information content (AvgIpc) is 2.02. The maximum absolute atomic E-state index is 4.50. The van der Waals surface area contributed by atoms with Gasteiger partial charge in [-0.2, -0.15) is 0 Å². The van der Waals surface area contributed by atoms with Crippen molar-refractivity contribution in [2.24, 2.45) is 0 Å². The van der Waals surface area contributed by atoms with Crippen molar-refractivity contribution in [3.05, 3.63) is 29.3 Å². The van der Waals surface area contributed by atoms with Crippen LogP contribution in [-0.4, -0.2) is 0 Å². The molecule has 0 unspecified atom stereocenters. The van der Waals surface area contributed by atoms with E-state index in [1.807, 2.05) is 0 Å². The third kappa shape index (κ3) is 4.69. The van der Waals surface area contributed by atoms with Crippen LogP contribution in [0.3, 0.4) is 0 Å². The predicted molar refractivity (Wildman–Crippen MR) is 61.2 cm³/mol. The van der Waals surface area contributed by atoms with Crippen LogP contribution in [0.4, 0.5) is 0 Å². The summed E-state index contributed by atoms with van der Waals surface area (Å²) < 4.78 is 0. The van der Waals surface area contributed by atoms with Gasteiger partial charge in [-0.25, -0.2) is 0 Å². The summed E-state index contributed by atoms with van der Waals surface area (Å²) in [6.45, 7) is 8.91. The second-order valence-corrected chi connectivity index (χ2v) is 4.57. The smallest absolute Gasteiger partial charge is 1.00 e. The molecule has 0 aromatic heterocycles. The monoisotopic (exact) mass is 206 g/mol. The summed E-state index contributed by atoms with van der Waals surface area (Å²) in [7, 11) is 4.50. The molecule has 0 radical (unpaired) electrons. The summed E-state index contributed by atoms with van der Waals surface area (Å²) in [4.78, 5) is 0. The fraction of sp³-hybridized carbons (Fsp3) is 0.500. The van der Waals surface area contributed by atoms with E-state index in [1.165, 1.54) is 11.1 Å². The molecule has 0 N–H and O–H groups in total. The van der Waals surface area contributed by atoms with Gasteiger partial charge in [-0.15, -0.1) is 6.07 Å². The zero-order chi connectivity index (χ0) is 10.0. The van der Waals surface area contributed by atoms with E-state index in [4.69, 9.17) is 0 Å². The summed E-state index contributed by atoms with van der Waals surface area (Å²) in [6, 6.07) is 6.37. The molecule has 0 atom stereocenters. The predicted octanol–water partition coefficient (Wildman–Crippen LogP) is -2.02. The van der Waals surface area contributed by atoms with Gasteiger partial charge in [0.15, 0.2) is 0 Å². The van der Waals surface area contributed by atoms with Gasteiger partial charge < -0.3 is 14.5 Å². The number of hydrogen-bond acceptors (Lipinski definition) is 0. The molecule has 15 heavy (non-hydrogen) atoms. The summed E-state index contributed by atoms with van der Waals surface area (Å²) in [5.41, 5.74) is 2.84. The molecule has 0 saturated carbocycles. The van der Waals surface area contributed by atoms with Crippen LogP contribution in [0.1, 0.15) is 50.7 Å². The first-order chi connectivity index (χ1) is 6.04. The second kappa shape index (κ2) is 8.01. The molecule has 3 heteroatoms. The molecule has 0 fully saturated rings. The molecule has 0 aliphatic heterocycles. The van der Waals surface area contributed by atoms with Crippen molar-refractivity contribution >= 4 is 14.5 Å².